The zero-order valence-corrected chi connectivity index (χ0v) is 11.6. The van der Waals surface area contributed by atoms with Crippen molar-refractivity contribution in [1.29, 1.82) is 0 Å². The van der Waals surface area contributed by atoms with Gasteiger partial charge in [-0.05, 0) is 19.4 Å². The van der Waals surface area contributed by atoms with Crippen LogP contribution < -0.4 is 4.90 Å². The molecule has 3 rings (SSSR count). The molecular formula is C14H14N2O2S. The van der Waals surface area contributed by atoms with Gasteiger partial charge in [-0.2, -0.15) is 0 Å². The van der Waals surface area contributed by atoms with Crippen LogP contribution in [0, 0.1) is 13.8 Å². The number of amides is 1. The number of anilines is 1. The summed E-state index contributed by atoms with van der Waals surface area (Å²) in [4.78, 5) is 13.8. The number of carbonyl (C=O) groups is 1. The van der Waals surface area contributed by atoms with E-state index < -0.39 is 0 Å². The Balaban J connectivity index is 1.96. The van der Waals surface area contributed by atoms with Crippen LogP contribution in [0.2, 0.25) is 0 Å². The van der Waals surface area contributed by atoms with Crippen LogP contribution in [0.1, 0.15) is 22.3 Å². The molecule has 1 saturated heterocycles. The van der Waals surface area contributed by atoms with Gasteiger partial charge in [-0.1, -0.05) is 35.0 Å². The van der Waals surface area contributed by atoms with Crippen LogP contribution >= 0.6 is 11.8 Å². The van der Waals surface area contributed by atoms with E-state index in [0.29, 0.717) is 17.3 Å². The molecule has 1 amide bonds. The molecule has 1 aliphatic rings. The van der Waals surface area contributed by atoms with Crippen LogP contribution in [0.15, 0.2) is 34.9 Å². The van der Waals surface area contributed by atoms with Gasteiger partial charge in [0.05, 0.1) is 5.75 Å². The quantitative estimate of drug-likeness (QED) is 0.844. The summed E-state index contributed by atoms with van der Waals surface area (Å²) in [5, 5.41) is 3.94. The lowest BCUT2D eigenvalue weighted by atomic mass is 10.1. The Morgan fingerprint density at radius 2 is 2.05 bits per heavy atom. The summed E-state index contributed by atoms with van der Waals surface area (Å²) >= 11 is 1.62. The number of carbonyl (C=O) groups excluding carboxylic acids is 1. The largest absolute Gasteiger partial charge is 0.360 e. The SMILES string of the molecule is Cc1ccc(C2SCC(=O)N2c2cc(C)on2)cc1. The number of hydrogen-bond donors (Lipinski definition) is 0. The average Bonchev–Trinajstić information content (AvgIpc) is 2.96. The third kappa shape index (κ3) is 2.26. The summed E-state index contributed by atoms with van der Waals surface area (Å²) < 4.78 is 5.08. The van der Waals surface area contributed by atoms with E-state index >= 15 is 0 Å². The molecule has 0 saturated carbocycles. The highest BCUT2D eigenvalue weighted by molar-refractivity contribution is 8.00. The van der Waals surface area contributed by atoms with Crippen molar-refractivity contribution in [3.63, 3.8) is 0 Å². The van der Waals surface area contributed by atoms with E-state index in [1.54, 1.807) is 22.7 Å². The van der Waals surface area contributed by atoms with Crippen molar-refractivity contribution in [2.24, 2.45) is 0 Å². The van der Waals surface area contributed by atoms with Crippen molar-refractivity contribution in [2.45, 2.75) is 19.2 Å². The molecule has 4 nitrogen and oxygen atoms in total. The molecule has 2 aromatic rings. The summed E-state index contributed by atoms with van der Waals surface area (Å²) in [6.07, 6.45) is 0. The third-order valence-corrected chi connectivity index (χ3v) is 4.31. The summed E-state index contributed by atoms with van der Waals surface area (Å²) in [5.74, 6) is 1.86. The molecular weight excluding hydrogens is 260 g/mol. The molecule has 0 radical (unpaired) electrons. The van der Waals surface area contributed by atoms with E-state index in [1.165, 1.54) is 5.56 Å². The van der Waals surface area contributed by atoms with Gasteiger partial charge >= 0.3 is 0 Å². The zero-order chi connectivity index (χ0) is 13.4. The third-order valence-electron chi connectivity index (χ3n) is 3.09. The first-order valence-corrected chi connectivity index (χ1v) is 7.13. The van der Waals surface area contributed by atoms with Gasteiger partial charge in [0.1, 0.15) is 11.1 Å². The number of hydrogen-bond acceptors (Lipinski definition) is 4. The van der Waals surface area contributed by atoms with Crippen LogP contribution in [0.25, 0.3) is 0 Å². The van der Waals surface area contributed by atoms with Crippen molar-refractivity contribution in [3.05, 3.63) is 47.2 Å². The lowest BCUT2D eigenvalue weighted by molar-refractivity contribution is -0.115. The first-order chi connectivity index (χ1) is 9.15. The van der Waals surface area contributed by atoms with Crippen molar-refractivity contribution in [2.75, 3.05) is 10.7 Å². The van der Waals surface area contributed by atoms with E-state index in [1.807, 2.05) is 6.92 Å². The summed E-state index contributed by atoms with van der Waals surface area (Å²) in [5.41, 5.74) is 2.32. The van der Waals surface area contributed by atoms with Crippen LogP contribution in [0.4, 0.5) is 5.82 Å². The van der Waals surface area contributed by atoms with Gasteiger partial charge in [0.15, 0.2) is 5.82 Å². The number of thioether (sulfide) groups is 1. The van der Waals surface area contributed by atoms with Gasteiger partial charge in [-0.15, -0.1) is 11.8 Å². The second-order valence-electron chi connectivity index (χ2n) is 4.63. The maximum absolute atomic E-state index is 12.1. The van der Waals surface area contributed by atoms with Gasteiger partial charge in [0.2, 0.25) is 5.91 Å². The minimum Gasteiger partial charge on any atom is -0.360 e. The monoisotopic (exact) mass is 274 g/mol. The number of nitrogens with zero attached hydrogens (tertiary/aromatic N) is 2. The van der Waals surface area contributed by atoms with Crippen molar-refractivity contribution >= 4 is 23.5 Å². The fourth-order valence-electron chi connectivity index (χ4n) is 2.12. The smallest absolute Gasteiger partial charge is 0.239 e. The van der Waals surface area contributed by atoms with E-state index in [-0.39, 0.29) is 11.3 Å². The fourth-order valence-corrected chi connectivity index (χ4v) is 3.28. The van der Waals surface area contributed by atoms with Crippen molar-refractivity contribution in [3.8, 4) is 0 Å². The van der Waals surface area contributed by atoms with Gasteiger partial charge in [-0.25, -0.2) is 0 Å². The Hall–Kier alpha value is -1.75. The molecule has 1 aromatic carbocycles. The average molecular weight is 274 g/mol. The van der Waals surface area contributed by atoms with Gasteiger partial charge in [-0.3, -0.25) is 9.69 Å². The predicted octanol–water partition coefficient (Wildman–Crippen LogP) is 3.07. The van der Waals surface area contributed by atoms with Gasteiger partial charge in [0.25, 0.3) is 0 Å². The molecule has 0 bridgehead atoms. The van der Waals surface area contributed by atoms with Gasteiger partial charge < -0.3 is 4.52 Å². The maximum atomic E-state index is 12.1. The van der Waals surface area contributed by atoms with Crippen molar-refractivity contribution in [1.82, 2.24) is 5.16 Å². The Bertz CT molecular complexity index is 606. The van der Waals surface area contributed by atoms with E-state index in [0.717, 1.165) is 5.56 Å². The minimum atomic E-state index is -0.0161. The predicted molar refractivity (Wildman–Crippen MR) is 75.1 cm³/mol. The Morgan fingerprint density at radius 1 is 1.32 bits per heavy atom. The lowest BCUT2D eigenvalue weighted by Gasteiger charge is -2.21. The fraction of sp³-hybridized carbons (Fsp3) is 0.286. The number of benzene rings is 1. The highest BCUT2D eigenvalue weighted by Gasteiger charge is 2.35. The number of rotatable bonds is 2. The Morgan fingerprint density at radius 3 is 2.68 bits per heavy atom. The Kier molecular flexibility index (Phi) is 3.06. The lowest BCUT2D eigenvalue weighted by Crippen LogP contribution is -2.28. The second kappa shape index (κ2) is 4.74. The summed E-state index contributed by atoms with van der Waals surface area (Å²) in [7, 11) is 0. The molecule has 5 heteroatoms. The van der Waals surface area contributed by atoms with E-state index in [9.17, 15) is 4.79 Å². The molecule has 0 aliphatic carbocycles. The highest BCUT2D eigenvalue weighted by atomic mass is 32.2. The Labute approximate surface area is 115 Å². The van der Waals surface area contributed by atoms with E-state index in [4.69, 9.17) is 4.52 Å². The molecule has 1 aliphatic heterocycles. The van der Waals surface area contributed by atoms with Crippen LogP contribution in [0.5, 0.6) is 0 Å². The van der Waals surface area contributed by atoms with Gasteiger partial charge in [0, 0.05) is 6.07 Å². The molecule has 0 spiro atoms. The number of aromatic nitrogens is 1. The normalized spacial score (nSPS) is 19.2. The van der Waals surface area contributed by atoms with Crippen LogP contribution in [-0.2, 0) is 4.79 Å². The second-order valence-corrected chi connectivity index (χ2v) is 5.70. The first kappa shape index (κ1) is 12.3. The topological polar surface area (TPSA) is 46.3 Å². The zero-order valence-electron chi connectivity index (χ0n) is 10.8. The van der Waals surface area contributed by atoms with Crippen molar-refractivity contribution < 1.29 is 9.32 Å². The number of aryl methyl sites for hydroxylation is 2. The molecule has 19 heavy (non-hydrogen) atoms. The van der Waals surface area contributed by atoms with E-state index in [2.05, 4.69) is 36.3 Å². The molecule has 0 N–H and O–H groups in total. The maximum Gasteiger partial charge on any atom is 0.239 e. The summed E-state index contributed by atoms with van der Waals surface area (Å²) in [6.45, 7) is 3.88. The molecule has 2 heterocycles. The highest BCUT2D eigenvalue weighted by Crippen LogP contribution is 2.41. The molecule has 1 unspecified atom stereocenters. The standard InChI is InChI=1S/C14H14N2O2S/c1-9-3-5-11(6-4-9)14-16(13(17)8-19-14)12-7-10(2)18-15-12/h3-7,14H,8H2,1-2H3. The van der Waals surface area contributed by atoms with Crippen LogP contribution in [-0.4, -0.2) is 16.8 Å². The minimum absolute atomic E-state index is 0.0161. The summed E-state index contributed by atoms with van der Waals surface area (Å²) in [6, 6.07) is 10.0. The first-order valence-electron chi connectivity index (χ1n) is 6.09. The molecule has 1 aromatic heterocycles. The molecule has 98 valence electrons. The molecule has 1 fully saturated rings. The molecule has 1 atom stereocenters. The van der Waals surface area contributed by atoms with Crippen LogP contribution in [0.3, 0.4) is 0 Å².